The minimum atomic E-state index is -3.89. The minimum absolute atomic E-state index is 0.0544. The summed E-state index contributed by atoms with van der Waals surface area (Å²) in [6, 6.07) is 11.4. The largest absolute Gasteiger partial charge is 0.496 e. The summed E-state index contributed by atoms with van der Waals surface area (Å²) >= 11 is 6.13. The van der Waals surface area contributed by atoms with Gasteiger partial charge in [-0.15, -0.1) is 0 Å². The molecule has 0 spiro atoms. The maximum Gasteiger partial charge on any atom is 0.254 e. The molecular weight excluding hydrogens is 412 g/mol. The lowest BCUT2D eigenvalue weighted by Crippen LogP contribution is -2.40. The van der Waals surface area contributed by atoms with E-state index in [4.69, 9.17) is 16.3 Å². The lowest BCUT2D eigenvalue weighted by molar-refractivity contribution is 0.0741. The van der Waals surface area contributed by atoms with Crippen molar-refractivity contribution in [1.29, 1.82) is 0 Å². The van der Waals surface area contributed by atoms with E-state index in [1.54, 1.807) is 34.9 Å². The van der Waals surface area contributed by atoms with Crippen LogP contribution in [0.15, 0.2) is 47.4 Å². The number of carbonyl (C=O) groups is 1. The van der Waals surface area contributed by atoms with Gasteiger partial charge in [-0.2, -0.15) is 0 Å². The predicted molar refractivity (Wildman–Crippen MR) is 115 cm³/mol. The molecule has 0 bridgehead atoms. The fraction of sp³-hybridized carbons (Fsp3) is 0.381. The van der Waals surface area contributed by atoms with Crippen molar-refractivity contribution in [3.05, 3.63) is 58.6 Å². The summed E-state index contributed by atoms with van der Waals surface area (Å²) in [5.74, 6) is 0.348. The number of halogens is 1. The Balaban J connectivity index is 2.38. The van der Waals surface area contributed by atoms with Gasteiger partial charge in [-0.1, -0.05) is 29.8 Å². The van der Waals surface area contributed by atoms with Crippen LogP contribution in [0.4, 0.5) is 0 Å². The monoisotopic (exact) mass is 438 g/mol. The van der Waals surface area contributed by atoms with Gasteiger partial charge >= 0.3 is 0 Å². The fourth-order valence-electron chi connectivity index (χ4n) is 2.90. The second-order valence-electron chi connectivity index (χ2n) is 7.83. The highest BCUT2D eigenvalue weighted by atomic mass is 35.5. The van der Waals surface area contributed by atoms with Gasteiger partial charge in [-0.25, -0.2) is 13.1 Å². The summed E-state index contributed by atoms with van der Waals surface area (Å²) < 4.78 is 33.4. The molecule has 0 aliphatic heterocycles. The molecule has 158 valence electrons. The van der Waals surface area contributed by atoms with Crippen molar-refractivity contribution in [2.45, 2.75) is 44.2 Å². The van der Waals surface area contributed by atoms with E-state index in [1.807, 2.05) is 31.2 Å². The van der Waals surface area contributed by atoms with E-state index >= 15 is 0 Å². The van der Waals surface area contributed by atoms with E-state index in [0.29, 0.717) is 5.75 Å². The Morgan fingerprint density at radius 1 is 1.17 bits per heavy atom. The predicted octanol–water partition coefficient (Wildman–Crippen LogP) is 4.26. The number of para-hydroxylation sites is 1. The molecule has 0 aliphatic rings. The van der Waals surface area contributed by atoms with E-state index in [2.05, 4.69) is 4.72 Å². The lowest BCUT2D eigenvalue weighted by atomic mass is 10.0. The fourth-order valence-corrected chi connectivity index (χ4v) is 4.85. The molecule has 0 aromatic heterocycles. The zero-order valence-corrected chi connectivity index (χ0v) is 19.1. The summed E-state index contributed by atoms with van der Waals surface area (Å²) in [4.78, 5) is 14.5. The van der Waals surface area contributed by atoms with Crippen LogP contribution < -0.4 is 9.46 Å². The van der Waals surface area contributed by atoms with E-state index < -0.39 is 15.6 Å². The lowest BCUT2D eigenvalue weighted by Gasteiger charge is -2.27. The smallest absolute Gasteiger partial charge is 0.254 e. The quantitative estimate of drug-likeness (QED) is 0.731. The summed E-state index contributed by atoms with van der Waals surface area (Å²) in [5, 5.41) is 0.0544. The topological polar surface area (TPSA) is 75.7 Å². The molecule has 1 unspecified atom stereocenters. The van der Waals surface area contributed by atoms with Crippen LogP contribution in [0, 0.1) is 0 Å². The van der Waals surface area contributed by atoms with E-state index in [-0.39, 0.29) is 27.4 Å². The van der Waals surface area contributed by atoms with E-state index in [0.717, 1.165) is 5.56 Å². The molecular formula is C21H27ClN2O4S. The van der Waals surface area contributed by atoms with Gasteiger partial charge in [0.15, 0.2) is 0 Å². The van der Waals surface area contributed by atoms with Crippen LogP contribution in [0.1, 0.15) is 49.7 Å². The first-order valence-electron chi connectivity index (χ1n) is 9.11. The van der Waals surface area contributed by atoms with Crippen molar-refractivity contribution in [3.63, 3.8) is 0 Å². The first kappa shape index (κ1) is 23.2. The van der Waals surface area contributed by atoms with Crippen LogP contribution in [0.25, 0.3) is 0 Å². The highest BCUT2D eigenvalue weighted by molar-refractivity contribution is 7.89. The number of hydrogen-bond acceptors (Lipinski definition) is 4. The Kier molecular flexibility index (Phi) is 6.98. The average Bonchev–Trinajstić information content (AvgIpc) is 2.64. The molecule has 2 rings (SSSR count). The second-order valence-corrected chi connectivity index (χ2v) is 9.89. The molecule has 2 aromatic carbocycles. The number of ether oxygens (including phenoxy) is 1. The van der Waals surface area contributed by atoms with Crippen LogP contribution in [-0.4, -0.2) is 38.9 Å². The van der Waals surface area contributed by atoms with Crippen molar-refractivity contribution in [1.82, 2.24) is 9.62 Å². The van der Waals surface area contributed by atoms with Gasteiger partial charge in [0.25, 0.3) is 5.91 Å². The molecule has 29 heavy (non-hydrogen) atoms. The first-order valence-corrected chi connectivity index (χ1v) is 11.0. The Morgan fingerprint density at radius 3 is 2.38 bits per heavy atom. The number of nitrogens with one attached hydrogen (secondary N) is 1. The number of rotatable bonds is 6. The summed E-state index contributed by atoms with van der Waals surface area (Å²) in [6.45, 7) is 7.08. The van der Waals surface area contributed by atoms with Crippen molar-refractivity contribution in [3.8, 4) is 5.75 Å². The van der Waals surface area contributed by atoms with Crippen molar-refractivity contribution < 1.29 is 17.9 Å². The summed E-state index contributed by atoms with van der Waals surface area (Å²) in [7, 11) is -0.648. The molecule has 0 radical (unpaired) electrons. The second kappa shape index (κ2) is 8.73. The Labute approximate surface area is 177 Å². The number of methoxy groups -OCH3 is 1. The maximum absolute atomic E-state index is 13.1. The normalized spacial score (nSPS) is 13.1. The van der Waals surface area contributed by atoms with E-state index in [9.17, 15) is 13.2 Å². The Hall–Kier alpha value is -2.09. The number of carbonyl (C=O) groups excluding carboxylic acids is 1. The number of nitrogens with zero attached hydrogens (tertiary/aromatic N) is 1. The van der Waals surface area contributed by atoms with Gasteiger partial charge in [-0.05, 0) is 52.0 Å². The van der Waals surface area contributed by atoms with Gasteiger partial charge in [0.2, 0.25) is 10.0 Å². The van der Waals surface area contributed by atoms with Gasteiger partial charge < -0.3 is 9.64 Å². The molecule has 8 heteroatoms. The van der Waals surface area contributed by atoms with Gasteiger partial charge in [-0.3, -0.25) is 4.79 Å². The standard InChI is InChI=1S/C21H27ClN2O4S/c1-14(16-9-7-8-10-18(16)28-6)24(5)20(25)15-11-12-17(22)19(13-15)29(26,27)23-21(2,3)4/h7-14,23H,1-6H3. The molecule has 0 fully saturated rings. The molecule has 1 amide bonds. The molecule has 0 saturated heterocycles. The van der Waals surface area contributed by atoms with Gasteiger partial charge in [0, 0.05) is 23.7 Å². The molecule has 2 aromatic rings. The third-order valence-electron chi connectivity index (χ3n) is 4.40. The molecule has 0 saturated carbocycles. The Bertz CT molecular complexity index is 1000. The summed E-state index contributed by atoms with van der Waals surface area (Å²) in [6.07, 6.45) is 0. The average molecular weight is 439 g/mol. The van der Waals surface area contributed by atoms with Crippen molar-refractivity contribution in [2.75, 3.05) is 14.2 Å². The molecule has 6 nitrogen and oxygen atoms in total. The number of sulfonamides is 1. The zero-order valence-electron chi connectivity index (χ0n) is 17.5. The molecule has 0 aliphatic carbocycles. The van der Waals surface area contributed by atoms with Crippen LogP contribution in [0.5, 0.6) is 5.75 Å². The number of amides is 1. The first-order chi connectivity index (χ1) is 13.4. The van der Waals surface area contributed by atoms with Crippen LogP contribution in [-0.2, 0) is 10.0 Å². The van der Waals surface area contributed by atoms with Gasteiger partial charge in [0.1, 0.15) is 10.6 Å². The third-order valence-corrected chi connectivity index (χ3v) is 6.64. The number of hydrogen-bond donors (Lipinski definition) is 1. The van der Waals surface area contributed by atoms with Crippen molar-refractivity contribution in [2.24, 2.45) is 0 Å². The van der Waals surface area contributed by atoms with Crippen LogP contribution >= 0.6 is 11.6 Å². The number of benzene rings is 2. The third kappa shape index (κ3) is 5.50. The van der Waals surface area contributed by atoms with Crippen LogP contribution in [0.3, 0.4) is 0 Å². The highest BCUT2D eigenvalue weighted by Crippen LogP contribution is 2.30. The zero-order chi connectivity index (χ0) is 22.0. The summed E-state index contributed by atoms with van der Waals surface area (Å²) in [5.41, 5.74) is 0.396. The van der Waals surface area contributed by atoms with Crippen LogP contribution in [0.2, 0.25) is 5.02 Å². The minimum Gasteiger partial charge on any atom is -0.496 e. The Morgan fingerprint density at radius 2 is 1.79 bits per heavy atom. The molecule has 1 N–H and O–H groups in total. The SMILES string of the molecule is COc1ccccc1C(C)N(C)C(=O)c1ccc(Cl)c(S(=O)(=O)NC(C)(C)C)c1. The molecule has 1 atom stereocenters. The molecule has 0 heterocycles. The van der Waals surface area contributed by atoms with E-state index in [1.165, 1.54) is 23.1 Å². The highest BCUT2D eigenvalue weighted by Gasteiger charge is 2.27. The maximum atomic E-state index is 13.1. The van der Waals surface area contributed by atoms with Crippen molar-refractivity contribution >= 4 is 27.5 Å². The van der Waals surface area contributed by atoms with Gasteiger partial charge in [0.05, 0.1) is 18.2 Å².